The zero-order chi connectivity index (χ0) is 12.3. The first kappa shape index (κ1) is 10.1. The molecule has 1 aromatic carbocycles. The first-order valence-corrected chi connectivity index (χ1v) is 6.28. The molecule has 2 aliphatic carbocycles. The monoisotopic (exact) mass is 240 g/mol. The first-order valence-electron chi connectivity index (χ1n) is 6.28. The van der Waals surface area contributed by atoms with Crippen molar-refractivity contribution in [3.63, 3.8) is 0 Å². The van der Waals surface area contributed by atoms with Gasteiger partial charge in [0.2, 0.25) is 0 Å². The molecule has 3 heteroatoms. The highest BCUT2D eigenvalue weighted by Gasteiger charge is 2.60. The third-order valence-corrected chi connectivity index (χ3v) is 4.45. The van der Waals surface area contributed by atoms with Gasteiger partial charge < -0.3 is 4.74 Å². The third-order valence-electron chi connectivity index (χ3n) is 4.45. The lowest BCUT2D eigenvalue weighted by Crippen LogP contribution is -2.23. The fraction of sp³-hybridized carbons (Fsp3) is 0.333. The summed E-state index contributed by atoms with van der Waals surface area (Å²) in [6.07, 6.45) is 3.08. The molecule has 2 fully saturated rings. The molecule has 0 aromatic heterocycles. The van der Waals surface area contributed by atoms with Crippen molar-refractivity contribution >= 4 is 17.5 Å². The quantitative estimate of drug-likeness (QED) is 0.557. The smallest absolute Gasteiger partial charge is 0.318 e. The van der Waals surface area contributed by atoms with Crippen LogP contribution in [-0.2, 0) is 14.3 Å². The van der Waals surface area contributed by atoms with E-state index in [0.717, 1.165) is 12.0 Å². The van der Waals surface area contributed by atoms with Gasteiger partial charge in [0.05, 0.1) is 11.8 Å². The number of esters is 2. The normalized spacial score (nSPS) is 36.6. The number of hydrogen-bond acceptors (Lipinski definition) is 3. The lowest BCUT2D eigenvalue weighted by Gasteiger charge is -2.20. The number of hydrogen-bond donors (Lipinski definition) is 0. The average Bonchev–Trinajstić information content (AvgIpc) is 3.03. The number of carbonyl (C=O) groups is 2. The Morgan fingerprint density at radius 1 is 1.00 bits per heavy atom. The summed E-state index contributed by atoms with van der Waals surface area (Å²) >= 11 is 0. The molecular weight excluding hydrogens is 228 g/mol. The Morgan fingerprint density at radius 3 is 2.50 bits per heavy atom. The van der Waals surface area contributed by atoms with Gasteiger partial charge in [-0.2, -0.15) is 0 Å². The molecule has 1 saturated heterocycles. The summed E-state index contributed by atoms with van der Waals surface area (Å²) in [6.45, 7) is 0. The molecule has 18 heavy (non-hydrogen) atoms. The van der Waals surface area contributed by atoms with E-state index in [1.807, 2.05) is 18.2 Å². The molecule has 1 saturated carbocycles. The van der Waals surface area contributed by atoms with Crippen LogP contribution < -0.4 is 0 Å². The molecule has 1 aliphatic heterocycles. The van der Waals surface area contributed by atoms with E-state index in [4.69, 9.17) is 4.74 Å². The van der Waals surface area contributed by atoms with Crippen LogP contribution in [0.5, 0.6) is 0 Å². The number of ether oxygens (including phenoxy) is 1. The average molecular weight is 240 g/mol. The van der Waals surface area contributed by atoms with E-state index in [1.54, 1.807) is 0 Å². The second-order valence-corrected chi connectivity index (χ2v) is 5.29. The topological polar surface area (TPSA) is 43.4 Å². The van der Waals surface area contributed by atoms with Crippen LogP contribution in [0.3, 0.4) is 0 Å². The van der Waals surface area contributed by atoms with Crippen molar-refractivity contribution in [3.05, 3.63) is 42.0 Å². The summed E-state index contributed by atoms with van der Waals surface area (Å²) in [7, 11) is 0. The largest absolute Gasteiger partial charge is 0.393 e. The standard InChI is InChI=1S/C15H12O3/c16-14-12-9-6-10(8-4-2-1-3-5-8)11(7-9)13(12)15(17)18-14/h1-6,9,11-13H,7H2/t9?,11?,12-,13+/m0/s1. The molecule has 90 valence electrons. The van der Waals surface area contributed by atoms with Crippen molar-refractivity contribution in [2.45, 2.75) is 6.42 Å². The number of cyclic esters (lactones) is 2. The highest BCUT2D eigenvalue weighted by Crippen LogP contribution is 2.57. The molecular formula is C15H12O3. The first-order chi connectivity index (χ1) is 8.75. The second-order valence-electron chi connectivity index (χ2n) is 5.29. The fourth-order valence-corrected chi connectivity index (χ4v) is 3.76. The van der Waals surface area contributed by atoms with E-state index in [1.165, 1.54) is 5.57 Å². The minimum absolute atomic E-state index is 0.168. The molecule has 0 spiro atoms. The Kier molecular flexibility index (Phi) is 1.85. The lowest BCUT2D eigenvalue weighted by molar-refractivity contribution is -0.154. The van der Waals surface area contributed by atoms with Crippen molar-refractivity contribution < 1.29 is 14.3 Å². The van der Waals surface area contributed by atoms with Gasteiger partial charge in [-0.1, -0.05) is 36.4 Å². The maximum atomic E-state index is 11.8. The van der Waals surface area contributed by atoms with E-state index in [0.29, 0.717) is 0 Å². The molecule has 2 bridgehead atoms. The highest BCUT2D eigenvalue weighted by atomic mass is 16.6. The number of fused-ring (bicyclic) bond motifs is 5. The van der Waals surface area contributed by atoms with Crippen LogP contribution in [0.1, 0.15) is 12.0 Å². The van der Waals surface area contributed by atoms with Crippen LogP contribution in [-0.4, -0.2) is 11.9 Å². The molecule has 3 aliphatic rings. The van der Waals surface area contributed by atoms with E-state index >= 15 is 0 Å². The summed E-state index contributed by atoms with van der Waals surface area (Å²) < 4.78 is 4.78. The summed E-state index contributed by atoms with van der Waals surface area (Å²) in [6, 6.07) is 10.1. The molecule has 2 unspecified atom stereocenters. The van der Waals surface area contributed by atoms with Crippen LogP contribution in [0.15, 0.2) is 36.4 Å². The molecule has 4 rings (SSSR count). The van der Waals surface area contributed by atoms with Crippen molar-refractivity contribution in [1.29, 1.82) is 0 Å². The van der Waals surface area contributed by atoms with E-state index in [9.17, 15) is 9.59 Å². The summed E-state index contributed by atoms with van der Waals surface area (Å²) in [4.78, 5) is 23.4. The van der Waals surface area contributed by atoms with Crippen molar-refractivity contribution in [3.8, 4) is 0 Å². The Balaban J connectivity index is 1.77. The van der Waals surface area contributed by atoms with Crippen LogP contribution >= 0.6 is 0 Å². The lowest BCUT2D eigenvalue weighted by atomic mass is 9.79. The SMILES string of the molecule is O=C1OC(=O)[C@H]2C3C=C(c4ccccc4)C(C3)[C@@H]12. The summed E-state index contributed by atoms with van der Waals surface area (Å²) in [5.41, 5.74) is 2.38. The Hall–Kier alpha value is -1.90. The van der Waals surface area contributed by atoms with Crippen LogP contribution in [0.4, 0.5) is 0 Å². The van der Waals surface area contributed by atoms with E-state index in [2.05, 4.69) is 18.2 Å². The van der Waals surface area contributed by atoms with Gasteiger partial charge >= 0.3 is 11.9 Å². The zero-order valence-electron chi connectivity index (χ0n) is 9.71. The molecule has 0 radical (unpaired) electrons. The van der Waals surface area contributed by atoms with Crippen LogP contribution in [0.25, 0.3) is 5.57 Å². The minimum atomic E-state index is -0.320. The number of allylic oxidation sites excluding steroid dienone is 2. The Labute approximate surface area is 104 Å². The van der Waals surface area contributed by atoms with E-state index < -0.39 is 0 Å². The van der Waals surface area contributed by atoms with Crippen molar-refractivity contribution in [2.75, 3.05) is 0 Å². The number of rotatable bonds is 1. The van der Waals surface area contributed by atoms with Gasteiger partial charge in [-0.15, -0.1) is 0 Å². The van der Waals surface area contributed by atoms with E-state index in [-0.39, 0.29) is 35.6 Å². The van der Waals surface area contributed by atoms with Crippen molar-refractivity contribution in [1.82, 2.24) is 0 Å². The maximum Gasteiger partial charge on any atom is 0.318 e. The highest BCUT2D eigenvalue weighted by molar-refractivity contribution is 6.00. The van der Waals surface area contributed by atoms with Gasteiger partial charge in [0.25, 0.3) is 0 Å². The summed E-state index contributed by atoms with van der Waals surface area (Å²) in [5.74, 6) is -0.729. The van der Waals surface area contributed by atoms with Gasteiger partial charge in [0, 0.05) is 0 Å². The van der Waals surface area contributed by atoms with Crippen molar-refractivity contribution in [2.24, 2.45) is 23.7 Å². The maximum absolute atomic E-state index is 11.8. The second kappa shape index (κ2) is 3.31. The fourth-order valence-electron chi connectivity index (χ4n) is 3.76. The van der Waals surface area contributed by atoms with Crippen LogP contribution in [0, 0.1) is 23.7 Å². The molecule has 0 N–H and O–H groups in total. The molecule has 0 amide bonds. The molecule has 1 heterocycles. The third kappa shape index (κ3) is 1.14. The number of carbonyl (C=O) groups excluding carboxylic acids is 2. The Morgan fingerprint density at radius 2 is 1.72 bits per heavy atom. The summed E-state index contributed by atoms with van der Waals surface area (Å²) in [5, 5.41) is 0. The zero-order valence-corrected chi connectivity index (χ0v) is 9.71. The minimum Gasteiger partial charge on any atom is -0.393 e. The predicted octanol–water partition coefficient (Wildman–Crippen LogP) is 2.04. The molecule has 4 atom stereocenters. The van der Waals surface area contributed by atoms with Gasteiger partial charge in [-0.05, 0) is 29.4 Å². The number of benzene rings is 1. The molecule has 3 nitrogen and oxygen atoms in total. The Bertz CT molecular complexity index is 573. The van der Waals surface area contributed by atoms with Gasteiger partial charge in [0.15, 0.2) is 0 Å². The van der Waals surface area contributed by atoms with Gasteiger partial charge in [-0.25, -0.2) is 0 Å². The molecule has 1 aromatic rings. The van der Waals surface area contributed by atoms with Crippen LogP contribution in [0.2, 0.25) is 0 Å². The van der Waals surface area contributed by atoms with Gasteiger partial charge in [0.1, 0.15) is 0 Å². The predicted molar refractivity (Wildman–Crippen MR) is 64.1 cm³/mol. The van der Waals surface area contributed by atoms with Gasteiger partial charge in [-0.3, -0.25) is 9.59 Å².